The SMILES string of the molecule is O=C(C[N+]12CCC(CC1)[C@@H](OC(=O)C(O)(c1ccccc1)c1ccoc1)C2)Nc1ccncn1.[Br-]. The number of quaternary nitrogens is 1. The first-order valence-electron chi connectivity index (χ1n) is 11.4. The number of amides is 1. The molecule has 3 saturated heterocycles. The van der Waals surface area contributed by atoms with Gasteiger partial charge in [-0.15, -0.1) is 0 Å². The van der Waals surface area contributed by atoms with Gasteiger partial charge < -0.3 is 41.0 Å². The summed E-state index contributed by atoms with van der Waals surface area (Å²) in [6, 6.07) is 11.9. The van der Waals surface area contributed by atoms with Gasteiger partial charge in [0.2, 0.25) is 5.60 Å². The molecule has 3 aromatic rings. The molecule has 2 N–H and O–H groups in total. The summed E-state index contributed by atoms with van der Waals surface area (Å²) in [6.07, 6.45) is 7.06. The van der Waals surface area contributed by atoms with E-state index in [4.69, 9.17) is 9.15 Å². The number of carbonyl (C=O) groups excluding carboxylic acids is 2. The lowest BCUT2D eigenvalue weighted by molar-refractivity contribution is -0.939. The number of hydrogen-bond donors (Lipinski definition) is 2. The molecule has 9 nitrogen and oxygen atoms in total. The van der Waals surface area contributed by atoms with Gasteiger partial charge in [0.05, 0.1) is 25.6 Å². The zero-order chi connectivity index (χ0) is 23.6. The fourth-order valence-electron chi connectivity index (χ4n) is 5.20. The van der Waals surface area contributed by atoms with Crippen LogP contribution in [-0.4, -0.2) is 63.7 Å². The lowest BCUT2D eigenvalue weighted by Gasteiger charge is -2.51. The minimum atomic E-state index is -1.98. The molecule has 3 aliphatic rings. The number of rotatable bonds is 7. The number of halogens is 1. The molecular formula is C25H27BrN4O5. The Hall–Kier alpha value is -3.08. The van der Waals surface area contributed by atoms with Crippen LogP contribution in [0.5, 0.6) is 0 Å². The molecule has 0 spiro atoms. The van der Waals surface area contributed by atoms with Crippen LogP contribution in [0.2, 0.25) is 0 Å². The molecule has 1 amide bonds. The zero-order valence-corrected chi connectivity index (χ0v) is 20.6. The van der Waals surface area contributed by atoms with E-state index in [1.807, 2.05) is 6.07 Å². The van der Waals surface area contributed by atoms with Crippen molar-refractivity contribution in [3.63, 3.8) is 0 Å². The maximum absolute atomic E-state index is 13.5. The summed E-state index contributed by atoms with van der Waals surface area (Å²) in [5, 5.41) is 14.4. The first-order valence-corrected chi connectivity index (χ1v) is 11.4. The van der Waals surface area contributed by atoms with E-state index in [0.29, 0.717) is 28.0 Å². The molecule has 6 rings (SSSR count). The molecule has 5 heterocycles. The predicted molar refractivity (Wildman–Crippen MR) is 121 cm³/mol. The summed E-state index contributed by atoms with van der Waals surface area (Å²) in [5.74, 6) is -0.204. The van der Waals surface area contributed by atoms with Crippen LogP contribution >= 0.6 is 0 Å². The van der Waals surface area contributed by atoms with Crippen LogP contribution in [-0.2, 0) is 19.9 Å². The molecule has 1 unspecified atom stereocenters. The minimum absolute atomic E-state index is 0. The number of carbonyl (C=O) groups is 2. The van der Waals surface area contributed by atoms with Crippen molar-refractivity contribution < 1.29 is 45.3 Å². The maximum Gasteiger partial charge on any atom is 0.348 e. The molecule has 1 aromatic carbocycles. The van der Waals surface area contributed by atoms with Gasteiger partial charge in [0.25, 0.3) is 5.91 Å². The topological polar surface area (TPSA) is 115 Å². The quantitative estimate of drug-likeness (QED) is 0.293. The van der Waals surface area contributed by atoms with E-state index in [9.17, 15) is 14.7 Å². The molecule has 10 heteroatoms. The summed E-state index contributed by atoms with van der Waals surface area (Å²) in [5.41, 5.74) is -1.25. The van der Waals surface area contributed by atoms with E-state index in [0.717, 1.165) is 25.9 Å². The number of esters is 1. The van der Waals surface area contributed by atoms with Gasteiger partial charge in [-0.1, -0.05) is 30.3 Å². The van der Waals surface area contributed by atoms with E-state index in [1.54, 1.807) is 42.6 Å². The highest BCUT2D eigenvalue weighted by molar-refractivity contribution is 5.90. The Morgan fingerprint density at radius 2 is 1.91 bits per heavy atom. The molecule has 2 bridgehead atoms. The van der Waals surface area contributed by atoms with E-state index in [1.165, 1.54) is 18.9 Å². The van der Waals surface area contributed by atoms with Crippen molar-refractivity contribution in [2.75, 3.05) is 31.5 Å². The molecule has 0 aliphatic carbocycles. The summed E-state index contributed by atoms with van der Waals surface area (Å²) in [7, 11) is 0. The number of benzene rings is 1. The average Bonchev–Trinajstić information content (AvgIpc) is 3.40. The number of aromatic nitrogens is 2. The Morgan fingerprint density at radius 1 is 1.14 bits per heavy atom. The van der Waals surface area contributed by atoms with Gasteiger partial charge in [0.1, 0.15) is 18.7 Å². The lowest BCUT2D eigenvalue weighted by Crippen LogP contribution is -3.00. The number of ether oxygens (including phenoxy) is 1. The minimum Gasteiger partial charge on any atom is -1.00 e. The number of fused-ring (bicyclic) bond motifs is 3. The van der Waals surface area contributed by atoms with Crippen LogP contribution in [0.3, 0.4) is 0 Å². The highest BCUT2D eigenvalue weighted by atomic mass is 79.9. The van der Waals surface area contributed by atoms with Gasteiger partial charge in [-0.2, -0.15) is 0 Å². The molecule has 184 valence electrons. The number of hydrogen-bond acceptors (Lipinski definition) is 7. The standard InChI is InChI=1S/C25H26N4O5.BrH/c30-23(28-22-6-10-26-17-27-22)15-29-11-7-18(8-12-29)21(14-29)34-24(31)25(32,20-9-13-33-16-20)19-4-2-1-3-5-19;/h1-6,9-10,13,16-18,21,32H,7-8,11-12,14-15H2;1H/t18?,21-,25?,29?;/m0./s1. The third kappa shape index (κ3) is 5.00. The van der Waals surface area contributed by atoms with Crippen molar-refractivity contribution >= 4 is 17.7 Å². The number of nitrogens with zero attached hydrogens (tertiary/aromatic N) is 3. The van der Waals surface area contributed by atoms with Crippen LogP contribution in [0.25, 0.3) is 0 Å². The smallest absolute Gasteiger partial charge is 0.348 e. The van der Waals surface area contributed by atoms with Crippen molar-refractivity contribution in [2.45, 2.75) is 24.5 Å². The second kappa shape index (κ2) is 10.3. The number of anilines is 1. The largest absolute Gasteiger partial charge is 1.00 e. The van der Waals surface area contributed by atoms with Crippen molar-refractivity contribution in [1.82, 2.24) is 9.97 Å². The summed E-state index contributed by atoms with van der Waals surface area (Å²) in [4.78, 5) is 34.1. The second-order valence-corrected chi connectivity index (χ2v) is 9.14. The first-order chi connectivity index (χ1) is 16.5. The third-order valence-corrected chi connectivity index (χ3v) is 7.05. The molecule has 3 aliphatic heterocycles. The van der Waals surface area contributed by atoms with Crippen molar-refractivity contribution in [2.24, 2.45) is 5.92 Å². The molecule has 2 atom stereocenters. The van der Waals surface area contributed by atoms with E-state index in [2.05, 4.69) is 15.3 Å². The van der Waals surface area contributed by atoms with Crippen molar-refractivity contribution in [1.29, 1.82) is 0 Å². The van der Waals surface area contributed by atoms with Crippen molar-refractivity contribution in [3.8, 4) is 0 Å². The van der Waals surface area contributed by atoms with Crippen LogP contribution in [0.1, 0.15) is 24.0 Å². The van der Waals surface area contributed by atoms with Crippen LogP contribution < -0.4 is 22.3 Å². The molecule has 3 fully saturated rings. The number of furan rings is 1. The zero-order valence-electron chi connectivity index (χ0n) is 19.0. The number of nitrogens with one attached hydrogen (secondary N) is 1. The highest BCUT2D eigenvalue weighted by Gasteiger charge is 2.51. The molecular weight excluding hydrogens is 516 g/mol. The summed E-state index contributed by atoms with van der Waals surface area (Å²) < 4.78 is 11.7. The van der Waals surface area contributed by atoms with Crippen LogP contribution in [0.15, 0.2) is 71.9 Å². The van der Waals surface area contributed by atoms with E-state index < -0.39 is 11.6 Å². The van der Waals surface area contributed by atoms with Crippen LogP contribution in [0, 0.1) is 5.92 Å². The van der Waals surface area contributed by atoms with Gasteiger partial charge >= 0.3 is 5.97 Å². The van der Waals surface area contributed by atoms with E-state index in [-0.39, 0.29) is 41.5 Å². The monoisotopic (exact) mass is 542 g/mol. The highest BCUT2D eigenvalue weighted by Crippen LogP contribution is 2.38. The lowest BCUT2D eigenvalue weighted by atomic mass is 9.82. The maximum atomic E-state index is 13.5. The Balaban J connectivity index is 0.00000289. The molecule has 2 aromatic heterocycles. The number of aliphatic hydroxyl groups is 1. The first kappa shape index (κ1) is 25.0. The fraction of sp³-hybridized carbons (Fsp3) is 0.360. The normalized spacial score (nSPS) is 24.6. The van der Waals surface area contributed by atoms with Gasteiger partial charge in [-0.05, 0) is 17.7 Å². The van der Waals surface area contributed by atoms with Crippen molar-refractivity contribution in [3.05, 3.63) is 78.6 Å². The second-order valence-electron chi connectivity index (χ2n) is 9.14. The summed E-state index contributed by atoms with van der Waals surface area (Å²) >= 11 is 0. The predicted octanol–water partition coefficient (Wildman–Crippen LogP) is -0.900. The summed E-state index contributed by atoms with van der Waals surface area (Å²) in [6.45, 7) is 2.50. The van der Waals surface area contributed by atoms with Gasteiger partial charge in [-0.25, -0.2) is 14.8 Å². The van der Waals surface area contributed by atoms with Crippen LogP contribution in [0.4, 0.5) is 5.82 Å². The van der Waals surface area contributed by atoms with Gasteiger partial charge in [0, 0.05) is 30.5 Å². The Labute approximate surface area is 213 Å². The average molecular weight is 543 g/mol. The van der Waals surface area contributed by atoms with E-state index >= 15 is 0 Å². The molecule has 35 heavy (non-hydrogen) atoms. The Bertz CT molecular complexity index is 1140. The molecule has 0 radical (unpaired) electrons. The number of piperidine rings is 3. The third-order valence-electron chi connectivity index (χ3n) is 7.05. The molecule has 0 saturated carbocycles. The van der Waals surface area contributed by atoms with Gasteiger partial charge in [0.15, 0.2) is 12.6 Å². The fourth-order valence-corrected chi connectivity index (χ4v) is 5.20. The van der Waals surface area contributed by atoms with Gasteiger partial charge in [-0.3, -0.25) is 4.79 Å². The Kier molecular flexibility index (Phi) is 7.34. The Morgan fingerprint density at radius 3 is 2.57 bits per heavy atom.